The van der Waals surface area contributed by atoms with Gasteiger partial charge in [-0.3, -0.25) is 4.98 Å². The summed E-state index contributed by atoms with van der Waals surface area (Å²) in [5.41, 5.74) is -0.204. The van der Waals surface area contributed by atoms with Crippen LogP contribution >= 0.6 is 0 Å². The second kappa shape index (κ2) is 6.32. The molecule has 0 amide bonds. The monoisotopic (exact) mass is 279 g/mol. The fraction of sp³-hybridized carbons (Fsp3) is 0.500. The highest BCUT2D eigenvalue weighted by atomic mass is 19.4. The van der Waals surface area contributed by atoms with E-state index in [1.54, 1.807) is 0 Å². The minimum Gasteiger partial charge on any atom is -0.464 e. The molecule has 0 aliphatic rings. The highest BCUT2D eigenvalue weighted by Crippen LogP contribution is 2.20. The van der Waals surface area contributed by atoms with Crippen LogP contribution in [0, 0.1) is 0 Å². The van der Waals surface area contributed by atoms with E-state index >= 15 is 0 Å². The Morgan fingerprint density at radius 3 is 2.68 bits per heavy atom. The van der Waals surface area contributed by atoms with E-state index in [-0.39, 0.29) is 18.1 Å². The van der Waals surface area contributed by atoms with Gasteiger partial charge in [0.15, 0.2) is 5.69 Å². The van der Waals surface area contributed by atoms with Crippen LogP contribution in [0.2, 0.25) is 0 Å². The number of rotatable bonds is 5. The third-order valence-electron chi connectivity index (χ3n) is 2.08. The molecular weight excluding hydrogens is 267 g/mol. The average molecular weight is 279 g/mol. The van der Waals surface area contributed by atoms with E-state index in [1.807, 2.05) is 0 Å². The number of nitrogens with zero attached hydrogens (tertiary/aromatic N) is 3. The van der Waals surface area contributed by atoms with Crippen molar-refractivity contribution in [2.24, 2.45) is 0 Å². The molecule has 0 saturated carbocycles. The molecule has 6 nitrogen and oxygen atoms in total. The van der Waals surface area contributed by atoms with Crippen LogP contribution in [0.25, 0.3) is 0 Å². The van der Waals surface area contributed by atoms with Gasteiger partial charge in [0.1, 0.15) is 12.4 Å². The van der Waals surface area contributed by atoms with Crippen LogP contribution in [-0.2, 0) is 4.74 Å². The van der Waals surface area contributed by atoms with Crippen molar-refractivity contribution in [1.82, 2.24) is 9.97 Å². The van der Waals surface area contributed by atoms with Gasteiger partial charge in [-0.1, -0.05) is 0 Å². The third kappa shape index (κ3) is 4.70. The molecule has 1 aromatic heterocycles. The van der Waals surface area contributed by atoms with Crippen LogP contribution in [0.5, 0.6) is 0 Å². The summed E-state index contributed by atoms with van der Waals surface area (Å²) in [6, 6.07) is 0. The fourth-order valence-corrected chi connectivity index (χ4v) is 1.32. The number of hydrogen-bond donors (Lipinski definition) is 1. The van der Waals surface area contributed by atoms with Gasteiger partial charge < -0.3 is 14.7 Å². The Morgan fingerprint density at radius 1 is 1.47 bits per heavy atom. The van der Waals surface area contributed by atoms with Gasteiger partial charge >= 0.3 is 12.1 Å². The van der Waals surface area contributed by atoms with Gasteiger partial charge in [0, 0.05) is 6.54 Å². The molecule has 0 aliphatic carbocycles. The largest absolute Gasteiger partial charge is 0.464 e. The van der Waals surface area contributed by atoms with Gasteiger partial charge in [-0.2, -0.15) is 13.2 Å². The first-order chi connectivity index (χ1) is 8.87. The molecule has 0 fully saturated rings. The van der Waals surface area contributed by atoms with Gasteiger partial charge in [-0.15, -0.1) is 0 Å². The lowest BCUT2D eigenvalue weighted by molar-refractivity contribution is -0.120. The molecule has 0 aromatic carbocycles. The Labute approximate surface area is 106 Å². The van der Waals surface area contributed by atoms with E-state index in [2.05, 4.69) is 14.7 Å². The Kier molecular flexibility index (Phi) is 5.04. The maximum absolute atomic E-state index is 12.4. The maximum atomic E-state index is 12.4. The smallest absolute Gasteiger partial charge is 0.405 e. The SMILES string of the molecule is COC(=O)c1cncc(N(CCO)CC(F)(F)F)n1. The Morgan fingerprint density at radius 2 is 2.16 bits per heavy atom. The standard InChI is InChI=1S/C10H12F3N3O3/c1-19-9(18)7-4-14-5-8(15-7)16(2-3-17)6-10(11,12)13/h4-5,17H,2-3,6H2,1H3. The summed E-state index contributed by atoms with van der Waals surface area (Å²) in [4.78, 5) is 19.4. The fourth-order valence-electron chi connectivity index (χ4n) is 1.32. The average Bonchev–Trinajstić information content (AvgIpc) is 2.36. The van der Waals surface area contributed by atoms with E-state index in [0.29, 0.717) is 0 Å². The van der Waals surface area contributed by atoms with Crippen molar-refractivity contribution in [2.75, 3.05) is 31.7 Å². The number of ether oxygens (including phenoxy) is 1. The van der Waals surface area contributed by atoms with Crippen molar-refractivity contribution >= 4 is 11.8 Å². The van der Waals surface area contributed by atoms with Crippen molar-refractivity contribution in [3.63, 3.8) is 0 Å². The Hall–Kier alpha value is -1.90. The number of aliphatic hydroxyl groups is 1. The predicted molar refractivity (Wildman–Crippen MR) is 58.7 cm³/mol. The zero-order chi connectivity index (χ0) is 14.5. The first-order valence-electron chi connectivity index (χ1n) is 5.20. The van der Waals surface area contributed by atoms with Crippen LogP contribution in [0.15, 0.2) is 12.4 Å². The zero-order valence-electron chi connectivity index (χ0n) is 10.0. The molecule has 0 atom stereocenters. The second-order valence-corrected chi connectivity index (χ2v) is 3.51. The lowest BCUT2D eigenvalue weighted by atomic mass is 10.4. The van der Waals surface area contributed by atoms with Crippen molar-refractivity contribution in [1.29, 1.82) is 0 Å². The Balaban J connectivity index is 2.99. The van der Waals surface area contributed by atoms with Crippen LogP contribution < -0.4 is 4.90 Å². The number of anilines is 1. The van der Waals surface area contributed by atoms with Crippen LogP contribution in [0.1, 0.15) is 10.5 Å². The number of methoxy groups -OCH3 is 1. The first-order valence-corrected chi connectivity index (χ1v) is 5.20. The van der Waals surface area contributed by atoms with Crippen molar-refractivity contribution in [2.45, 2.75) is 6.18 Å². The molecule has 0 radical (unpaired) electrons. The molecule has 19 heavy (non-hydrogen) atoms. The molecule has 0 aliphatic heterocycles. The third-order valence-corrected chi connectivity index (χ3v) is 2.08. The van der Waals surface area contributed by atoms with Crippen LogP contribution in [-0.4, -0.2) is 54.0 Å². The molecule has 1 N–H and O–H groups in total. The van der Waals surface area contributed by atoms with Gasteiger partial charge in [0.25, 0.3) is 0 Å². The highest BCUT2D eigenvalue weighted by molar-refractivity contribution is 5.87. The van der Waals surface area contributed by atoms with Gasteiger partial charge in [0.2, 0.25) is 0 Å². The first kappa shape index (κ1) is 15.2. The number of hydrogen-bond acceptors (Lipinski definition) is 6. The number of esters is 1. The molecule has 0 saturated heterocycles. The minimum atomic E-state index is -4.46. The topological polar surface area (TPSA) is 75.5 Å². The van der Waals surface area contributed by atoms with Gasteiger partial charge in [-0.05, 0) is 0 Å². The minimum absolute atomic E-state index is 0.158. The molecule has 106 valence electrons. The van der Waals surface area contributed by atoms with E-state index in [4.69, 9.17) is 5.11 Å². The van der Waals surface area contributed by atoms with Crippen molar-refractivity contribution in [3.8, 4) is 0 Å². The molecule has 1 rings (SSSR count). The summed E-state index contributed by atoms with van der Waals surface area (Å²) in [5, 5.41) is 8.77. The summed E-state index contributed by atoms with van der Waals surface area (Å²) in [6.45, 7) is -2.06. The number of aliphatic hydroxyl groups excluding tert-OH is 1. The maximum Gasteiger partial charge on any atom is 0.405 e. The lowest BCUT2D eigenvalue weighted by Crippen LogP contribution is -2.37. The van der Waals surface area contributed by atoms with Crippen molar-refractivity contribution in [3.05, 3.63) is 18.1 Å². The number of carbonyl (C=O) groups is 1. The summed E-state index contributed by atoms with van der Waals surface area (Å²) >= 11 is 0. The molecular formula is C10H12F3N3O3. The molecule has 9 heteroatoms. The molecule has 1 heterocycles. The molecule has 1 aromatic rings. The molecule has 0 unspecified atom stereocenters. The summed E-state index contributed by atoms with van der Waals surface area (Å²) in [7, 11) is 1.12. The van der Waals surface area contributed by atoms with Crippen LogP contribution in [0.3, 0.4) is 0 Å². The summed E-state index contributed by atoms with van der Waals surface area (Å²) in [5.74, 6) is -0.959. The summed E-state index contributed by atoms with van der Waals surface area (Å²) < 4.78 is 41.5. The molecule has 0 bridgehead atoms. The quantitative estimate of drug-likeness (QED) is 0.796. The van der Waals surface area contributed by atoms with E-state index in [9.17, 15) is 18.0 Å². The predicted octanol–water partition coefficient (Wildman–Crippen LogP) is 0.624. The second-order valence-electron chi connectivity index (χ2n) is 3.51. The number of halogens is 3. The summed E-state index contributed by atoms with van der Waals surface area (Å²) in [6.07, 6.45) is -2.30. The van der Waals surface area contributed by atoms with Gasteiger partial charge in [-0.25, -0.2) is 9.78 Å². The van der Waals surface area contributed by atoms with E-state index in [0.717, 1.165) is 24.4 Å². The molecule has 0 spiro atoms. The van der Waals surface area contributed by atoms with E-state index < -0.39 is 25.3 Å². The number of aromatic nitrogens is 2. The normalized spacial score (nSPS) is 11.2. The van der Waals surface area contributed by atoms with E-state index in [1.165, 1.54) is 0 Å². The number of carbonyl (C=O) groups excluding carboxylic acids is 1. The van der Waals surface area contributed by atoms with Gasteiger partial charge in [0.05, 0.1) is 26.1 Å². The highest BCUT2D eigenvalue weighted by Gasteiger charge is 2.31. The Bertz CT molecular complexity index is 440. The lowest BCUT2D eigenvalue weighted by Gasteiger charge is -2.23. The zero-order valence-corrected chi connectivity index (χ0v) is 10.0. The van der Waals surface area contributed by atoms with Crippen molar-refractivity contribution < 1.29 is 27.8 Å². The van der Waals surface area contributed by atoms with Crippen LogP contribution in [0.4, 0.5) is 19.0 Å². The number of alkyl halides is 3.